The second-order valence-corrected chi connectivity index (χ2v) is 3.27. The Morgan fingerprint density at radius 2 is 2.06 bits per heavy atom. The van der Waals surface area contributed by atoms with Gasteiger partial charge in [-0.1, -0.05) is 6.07 Å². The van der Waals surface area contributed by atoms with Gasteiger partial charge in [0.1, 0.15) is 0 Å². The highest BCUT2D eigenvalue weighted by atomic mass is 19.4. The van der Waals surface area contributed by atoms with Crippen LogP contribution >= 0.6 is 0 Å². The lowest BCUT2D eigenvalue weighted by Gasteiger charge is -2.07. The Balaban J connectivity index is 2.53. The molecule has 1 aromatic carbocycles. The van der Waals surface area contributed by atoms with Crippen LogP contribution in [0.4, 0.5) is 13.2 Å². The molecular formula is C9H5F3N4O2. The molecule has 0 saturated heterocycles. The summed E-state index contributed by atoms with van der Waals surface area (Å²) < 4.78 is 38.1. The van der Waals surface area contributed by atoms with Crippen LogP contribution in [0.3, 0.4) is 0 Å². The summed E-state index contributed by atoms with van der Waals surface area (Å²) in [5.74, 6) is -2.57. The molecule has 0 spiro atoms. The third-order valence-corrected chi connectivity index (χ3v) is 2.06. The minimum absolute atomic E-state index is 0.0766. The summed E-state index contributed by atoms with van der Waals surface area (Å²) in [7, 11) is 0. The summed E-state index contributed by atoms with van der Waals surface area (Å²) >= 11 is 0. The van der Waals surface area contributed by atoms with E-state index >= 15 is 0 Å². The van der Waals surface area contributed by atoms with Crippen molar-refractivity contribution in [3.05, 3.63) is 35.7 Å². The number of benzene rings is 1. The predicted molar refractivity (Wildman–Crippen MR) is 51.1 cm³/mol. The van der Waals surface area contributed by atoms with Gasteiger partial charge in [0.15, 0.2) is 0 Å². The largest absolute Gasteiger partial charge is 0.478 e. The number of hydrogen-bond donors (Lipinski definition) is 1. The maximum absolute atomic E-state index is 12.5. The highest BCUT2D eigenvalue weighted by molar-refractivity contribution is 5.88. The van der Waals surface area contributed by atoms with Gasteiger partial charge in [-0.25, -0.2) is 4.79 Å². The zero-order chi connectivity index (χ0) is 13.3. The fraction of sp³-hybridized carbons (Fsp3) is 0.111. The molecule has 6 nitrogen and oxygen atoms in total. The van der Waals surface area contributed by atoms with Crippen LogP contribution in [0, 0.1) is 0 Å². The number of aromatic nitrogens is 4. The van der Waals surface area contributed by atoms with Gasteiger partial charge in [0, 0.05) is 0 Å². The Labute approximate surface area is 97.7 Å². The van der Waals surface area contributed by atoms with Gasteiger partial charge in [0.05, 0.1) is 11.3 Å². The number of aromatic carboxylic acids is 1. The van der Waals surface area contributed by atoms with Crippen LogP contribution < -0.4 is 0 Å². The fourth-order valence-corrected chi connectivity index (χ4v) is 1.31. The highest BCUT2D eigenvalue weighted by Gasteiger charge is 2.38. The lowest BCUT2D eigenvalue weighted by atomic mass is 10.2. The van der Waals surface area contributed by atoms with Crippen molar-refractivity contribution in [2.45, 2.75) is 6.18 Å². The molecule has 0 aliphatic heterocycles. The van der Waals surface area contributed by atoms with Crippen molar-refractivity contribution < 1.29 is 23.1 Å². The van der Waals surface area contributed by atoms with Crippen molar-refractivity contribution in [3.63, 3.8) is 0 Å². The summed E-state index contributed by atoms with van der Waals surface area (Å²) in [6.07, 6.45) is -4.72. The summed E-state index contributed by atoms with van der Waals surface area (Å²) in [5.41, 5.74) is -0.233. The van der Waals surface area contributed by atoms with Crippen molar-refractivity contribution in [2.75, 3.05) is 0 Å². The summed E-state index contributed by atoms with van der Waals surface area (Å²) in [6, 6.07) is 4.88. The van der Waals surface area contributed by atoms with E-state index in [2.05, 4.69) is 15.5 Å². The van der Waals surface area contributed by atoms with Crippen molar-refractivity contribution in [3.8, 4) is 5.69 Å². The van der Waals surface area contributed by atoms with E-state index in [-0.39, 0.29) is 11.3 Å². The van der Waals surface area contributed by atoms with Crippen molar-refractivity contribution in [1.29, 1.82) is 0 Å². The summed E-state index contributed by atoms with van der Waals surface area (Å²) in [5, 5.41) is 17.8. The molecule has 1 heterocycles. The van der Waals surface area contributed by atoms with E-state index in [4.69, 9.17) is 5.11 Å². The van der Waals surface area contributed by atoms with Gasteiger partial charge in [-0.05, 0) is 28.6 Å². The van der Waals surface area contributed by atoms with E-state index < -0.39 is 18.0 Å². The zero-order valence-corrected chi connectivity index (χ0v) is 8.59. The number of carbonyl (C=O) groups is 1. The Morgan fingerprint density at radius 3 is 2.67 bits per heavy atom. The second-order valence-electron chi connectivity index (χ2n) is 3.27. The number of carboxylic acid groups (broad SMARTS) is 1. The number of alkyl halides is 3. The van der Waals surface area contributed by atoms with Crippen LogP contribution in [0.15, 0.2) is 24.3 Å². The minimum Gasteiger partial charge on any atom is -0.478 e. The first-order valence-corrected chi connectivity index (χ1v) is 4.59. The quantitative estimate of drug-likeness (QED) is 0.880. The summed E-state index contributed by atoms with van der Waals surface area (Å²) in [6.45, 7) is 0. The number of tetrazole rings is 1. The molecule has 94 valence electrons. The Kier molecular flexibility index (Phi) is 2.73. The molecule has 9 heteroatoms. The standard InChI is InChI=1S/C9H5F3N4O2/c10-9(11,12)8-13-14-15-16(8)6-3-1-2-5(4-6)7(17)18/h1-4H,(H,17,18). The maximum atomic E-state index is 12.5. The molecule has 1 N–H and O–H groups in total. The smallest absolute Gasteiger partial charge is 0.453 e. The third-order valence-electron chi connectivity index (χ3n) is 2.06. The average molecular weight is 258 g/mol. The first kappa shape index (κ1) is 12.0. The monoisotopic (exact) mass is 258 g/mol. The van der Waals surface area contributed by atoms with Gasteiger partial charge in [0.25, 0.3) is 5.82 Å². The number of halogens is 3. The number of rotatable bonds is 2. The van der Waals surface area contributed by atoms with Crippen LogP contribution in [-0.4, -0.2) is 31.3 Å². The van der Waals surface area contributed by atoms with E-state index in [1.54, 1.807) is 0 Å². The molecule has 2 aromatic rings. The van der Waals surface area contributed by atoms with Gasteiger partial charge in [-0.2, -0.15) is 17.9 Å². The molecule has 2 rings (SSSR count). The first-order valence-electron chi connectivity index (χ1n) is 4.59. The van der Waals surface area contributed by atoms with E-state index in [0.717, 1.165) is 6.07 Å². The Morgan fingerprint density at radius 1 is 1.33 bits per heavy atom. The van der Waals surface area contributed by atoms with Crippen LogP contribution in [0.5, 0.6) is 0 Å². The third kappa shape index (κ3) is 2.14. The lowest BCUT2D eigenvalue weighted by molar-refractivity contribution is -0.146. The van der Waals surface area contributed by atoms with E-state index in [1.165, 1.54) is 18.2 Å². The zero-order valence-electron chi connectivity index (χ0n) is 8.59. The molecule has 1 aromatic heterocycles. The molecule has 0 atom stereocenters. The van der Waals surface area contributed by atoms with Crippen LogP contribution in [0.2, 0.25) is 0 Å². The highest BCUT2D eigenvalue weighted by Crippen LogP contribution is 2.28. The lowest BCUT2D eigenvalue weighted by Crippen LogP contribution is -2.15. The van der Waals surface area contributed by atoms with Crippen LogP contribution in [-0.2, 0) is 6.18 Å². The van der Waals surface area contributed by atoms with E-state index in [9.17, 15) is 18.0 Å². The fourth-order valence-electron chi connectivity index (χ4n) is 1.31. The molecule has 0 aliphatic carbocycles. The average Bonchev–Trinajstić information content (AvgIpc) is 2.77. The van der Waals surface area contributed by atoms with E-state index in [1.807, 2.05) is 0 Å². The van der Waals surface area contributed by atoms with Crippen LogP contribution in [0.25, 0.3) is 5.69 Å². The molecule has 0 bridgehead atoms. The van der Waals surface area contributed by atoms with Crippen LogP contribution in [0.1, 0.15) is 16.2 Å². The molecule has 0 fully saturated rings. The molecular weight excluding hydrogens is 253 g/mol. The Hall–Kier alpha value is -2.45. The molecule has 0 aliphatic rings. The van der Waals surface area contributed by atoms with Crippen molar-refractivity contribution >= 4 is 5.97 Å². The number of carboxylic acids is 1. The van der Waals surface area contributed by atoms with Gasteiger partial charge >= 0.3 is 12.1 Å². The van der Waals surface area contributed by atoms with E-state index in [0.29, 0.717) is 4.68 Å². The predicted octanol–water partition coefficient (Wildman–Crippen LogP) is 1.38. The number of hydrogen-bond acceptors (Lipinski definition) is 4. The molecule has 0 amide bonds. The van der Waals surface area contributed by atoms with Gasteiger partial charge in [-0.3, -0.25) is 0 Å². The molecule has 18 heavy (non-hydrogen) atoms. The van der Waals surface area contributed by atoms with Gasteiger partial charge in [0.2, 0.25) is 0 Å². The minimum atomic E-state index is -4.72. The van der Waals surface area contributed by atoms with Gasteiger partial charge < -0.3 is 5.11 Å². The SMILES string of the molecule is O=C(O)c1cccc(-n2nnnc2C(F)(F)F)c1. The first-order chi connectivity index (χ1) is 8.39. The molecule has 0 unspecified atom stereocenters. The van der Waals surface area contributed by atoms with Gasteiger partial charge in [-0.15, -0.1) is 5.10 Å². The molecule has 0 radical (unpaired) electrons. The Bertz CT molecular complexity index is 593. The van der Waals surface area contributed by atoms with Crippen molar-refractivity contribution in [1.82, 2.24) is 20.2 Å². The van der Waals surface area contributed by atoms with Crippen molar-refractivity contribution in [2.24, 2.45) is 0 Å². The number of nitrogens with zero attached hydrogens (tertiary/aromatic N) is 4. The topological polar surface area (TPSA) is 80.9 Å². The molecule has 0 saturated carbocycles. The second kappa shape index (κ2) is 4.09. The summed E-state index contributed by atoms with van der Waals surface area (Å²) in [4.78, 5) is 10.7. The normalized spacial score (nSPS) is 11.5. The maximum Gasteiger partial charge on any atom is 0.453 e.